The van der Waals surface area contributed by atoms with Gasteiger partial charge in [-0.1, -0.05) is 0 Å². The predicted molar refractivity (Wildman–Crippen MR) is 48.4 cm³/mol. The molecule has 13 heavy (non-hydrogen) atoms. The molecule has 5 heteroatoms. The number of nitrogens with zero attached hydrogens (tertiary/aromatic N) is 2. The highest BCUT2D eigenvalue weighted by atomic mass is 16.5. The number of rotatable bonds is 4. The zero-order chi connectivity index (χ0) is 9.68. The number of carbonyl (C=O) groups is 1. The molecule has 0 fully saturated rings. The molecule has 0 aliphatic heterocycles. The van der Waals surface area contributed by atoms with E-state index >= 15 is 0 Å². The van der Waals surface area contributed by atoms with Crippen LogP contribution in [0.2, 0.25) is 0 Å². The maximum absolute atomic E-state index is 11.0. The van der Waals surface area contributed by atoms with E-state index in [0.29, 0.717) is 5.82 Å². The van der Waals surface area contributed by atoms with E-state index in [2.05, 4.69) is 15.2 Å². The summed E-state index contributed by atoms with van der Waals surface area (Å²) in [6, 6.07) is 1.75. The van der Waals surface area contributed by atoms with Gasteiger partial charge in [-0.05, 0) is 6.92 Å². The van der Waals surface area contributed by atoms with Crippen molar-refractivity contribution in [2.24, 2.45) is 0 Å². The van der Waals surface area contributed by atoms with Crippen molar-refractivity contribution in [2.75, 3.05) is 19.0 Å². The lowest BCUT2D eigenvalue weighted by Gasteiger charge is -1.99. The molecule has 1 amide bonds. The first-order chi connectivity index (χ1) is 6.26. The van der Waals surface area contributed by atoms with Crippen LogP contribution in [0.5, 0.6) is 0 Å². The molecular weight excluding hydrogens is 170 g/mol. The van der Waals surface area contributed by atoms with Gasteiger partial charge in [-0.15, -0.1) is 0 Å². The summed E-state index contributed by atoms with van der Waals surface area (Å²) in [5.74, 6) is 0.368. The van der Waals surface area contributed by atoms with Gasteiger partial charge in [0, 0.05) is 25.9 Å². The molecule has 1 N–H and O–H groups in total. The average molecular weight is 183 g/mol. The zero-order valence-electron chi connectivity index (χ0n) is 7.78. The molecule has 0 bridgehead atoms. The Hall–Kier alpha value is -1.36. The quantitative estimate of drug-likeness (QED) is 0.739. The van der Waals surface area contributed by atoms with Crippen molar-refractivity contribution in [3.63, 3.8) is 0 Å². The highest BCUT2D eigenvalue weighted by molar-refractivity contribution is 5.90. The van der Waals surface area contributed by atoms with Crippen molar-refractivity contribution in [1.82, 2.24) is 9.78 Å². The average Bonchev–Trinajstić information content (AvgIpc) is 2.52. The van der Waals surface area contributed by atoms with E-state index < -0.39 is 0 Å². The van der Waals surface area contributed by atoms with Crippen molar-refractivity contribution in [3.05, 3.63) is 12.3 Å². The minimum absolute atomic E-state index is 0.0545. The van der Waals surface area contributed by atoms with Crippen molar-refractivity contribution >= 4 is 11.7 Å². The summed E-state index contributed by atoms with van der Waals surface area (Å²) >= 11 is 0. The van der Waals surface area contributed by atoms with Gasteiger partial charge in [0.25, 0.3) is 5.91 Å². The Balaban J connectivity index is 2.49. The Morgan fingerprint density at radius 3 is 3.08 bits per heavy atom. The van der Waals surface area contributed by atoms with E-state index in [-0.39, 0.29) is 12.5 Å². The maximum Gasteiger partial charge on any atom is 0.251 e. The Morgan fingerprint density at radius 1 is 1.77 bits per heavy atom. The number of anilines is 1. The number of hydrogen-bond donors (Lipinski definition) is 1. The zero-order valence-corrected chi connectivity index (χ0v) is 7.78. The second kappa shape index (κ2) is 4.61. The first-order valence-electron chi connectivity index (χ1n) is 4.08. The number of aromatic nitrogens is 2. The highest BCUT2D eigenvalue weighted by Crippen LogP contribution is 2.01. The summed E-state index contributed by atoms with van der Waals surface area (Å²) in [4.78, 5) is 11.0. The molecule has 1 aromatic rings. The topological polar surface area (TPSA) is 56.2 Å². The van der Waals surface area contributed by atoms with Gasteiger partial charge in [0.15, 0.2) is 5.82 Å². The predicted octanol–water partition coefficient (Wildman–Crippen LogP) is 0.488. The van der Waals surface area contributed by atoms with Gasteiger partial charge in [-0.3, -0.25) is 9.48 Å². The molecule has 0 saturated carbocycles. The lowest BCUT2D eigenvalue weighted by molar-refractivity contribution is -0.119. The van der Waals surface area contributed by atoms with Gasteiger partial charge in [0.1, 0.15) is 6.61 Å². The van der Waals surface area contributed by atoms with Crippen LogP contribution in [0.4, 0.5) is 5.82 Å². The van der Waals surface area contributed by atoms with Crippen LogP contribution in [0.1, 0.15) is 6.92 Å². The molecule has 72 valence electrons. The fraction of sp³-hybridized carbons (Fsp3) is 0.500. The smallest absolute Gasteiger partial charge is 0.251 e. The minimum Gasteiger partial charge on any atom is -0.375 e. The molecular formula is C8H13N3O2. The molecule has 0 aliphatic rings. The van der Waals surface area contributed by atoms with Crippen LogP contribution in [0, 0.1) is 0 Å². The summed E-state index contributed by atoms with van der Waals surface area (Å²) in [5.41, 5.74) is 0. The monoisotopic (exact) mass is 183 g/mol. The van der Waals surface area contributed by atoms with Crippen LogP contribution in [-0.2, 0) is 16.1 Å². The van der Waals surface area contributed by atoms with E-state index in [1.165, 1.54) is 7.11 Å². The maximum atomic E-state index is 11.0. The second-order valence-corrected chi connectivity index (χ2v) is 2.54. The molecule has 0 saturated heterocycles. The summed E-state index contributed by atoms with van der Waals surface area (Å²) in [7, 11) is 1.48. The van der Waals surface area contributed by atoms with Crippen LogP contribution >= 0.6 is 0 Å². The number of amides is 1. The Bertz CT molecular complexity index is 283. The van der Waals surface area contributed by atoms with E-state index in [0.717, 1.165) is 6.54 Å². The van der Waals surface area contributed by atoms with Crippen LogP contribution in [0.25, 0.3) is 0 Å². The largest absolute Gasteiger partial charge is 0.375 e. The third-order valence-corrected chi connectivity index (χ3v) is 1.51. The molecule has 0 radical (unpaired) electrons. The number of carbonyl (C=O) groups excluding carboxylic acids is 1. The van der Waals surface area contributed by atoms with Gasteiger partial charge in [-0.25, -0.2) is 0 Å². The third kappa shape index (κ3) is 2.87. The molecule has 0 atom stereocenters. The van der Waals surface area contributed by atoms with Gasteiger partial charge in [-0.2, -0.15) is 5.10 Å². The summed E-state index contributed by atoms with van der Waals surface area (Å²) in [6.07, 6.45) is 1.81. The van der Waals surface area contributed by atoms with Crippen LogP contribution in [0.15, 0.2) is 12.3 Å². The number of methoxy groups -OCH3 is 1. The Kier molecular flexibility index (Phi) is 3.45. The standard InChI is InChI=1S/C8H13N3O2/c1-3-11-5-4-7(10-11)9-8(12)6-13-2/h4-5H,3,6H2,1-2H3,(H,9,10,12). The fourth-order valence-corrected chi connectivity index (χ4v) is 0.914. The number of ether oxygens (including phenoxy) is 1. The van der Waals surface area contributed by atoms with Gasteiger partial charge >= 0.3 is 0 Å². The Morgan fingerprint density at radius 2 is 2.54 bits per heavy atom. The number of hydrogen-bond acceptors (Lipinski definition) is 3. The SMILES string of the molecule is CCn1ccc(NC(=O)COC)n1. The second-order valence-electron chi connectivity index (χ2n) is 2.54. The van der Waals surface area contributed by atoms with Gasteiger partial charge in [0.2, 0.25) is 0 Å². The normalized spacial score (nSPS) is 10.0. The number of aryl methyl sites for hydroxylation is 1. The Labute approximate surface area is 76.7 Å². The minimum atomic E-state index is -0.191. The van der Waals surface area contributed by atoms with E-state index in [4.69, 9.17) is 0 Å². The first-order valence-corrected chi connectivity index (χ1v) is 4.08. The van der Waals surface area contributed by atoms with Crippen LogP contribution in [0.3, 0.4) is 0 Å². The van der Waals surface area contributed by atoms with Crippen molar-refractivity contribution < 1.29 is 9.53 Å². The molecule has 0 unspecified atom stereocenters. The van der Waals surface area contributed by atoms with Crippen LogP contribution < -0.4 is 5.32 Å². The summed E-state index contributed by atoms with van der Waals surface area (Å²) in [5, 5.41) is 6.68. The van der Waals surface area contributed by atoms with E-state index in [1.807, 2.05) is 13.1 Å². The van der Waals surface area contributed by atoms with Crippen LogP contribution in [-0.4, -0.2) is 29.4 Å². The van der Waals surface area contributed by atoms with Crippen molar-refractivity contribution in [2.45, 2.75) is 13.5 Å². The fourth-order valence-electron chi connectivity index (χ4n) is 0.914. The number of nitrogens with one attached hydrogen (secondary N) is 1. The van der Waals surface area contributed by atoms with Crippen molar-refractivity contribution in [1.29, 1.82) is 0 Å². The third-order valence-electron chi connectivity index (χ3n) is 1.51. The molecule has 1 aromatic heterocycles. The molecule has 0 spiro atoms. The highest BCUT2D eigenvalue weighted by Gasteiger charge is 2.02. The van der Waals surface area contributed by atoms with E-state index in [1.54, 1.807) is 10.7 Å². The summed E-state index contributed by atoms with van der Waals surface area (Å²) in [6.45, 7) is 2.83. The molecule has 1 rings (SSSR count). The first kappa shape index (κ1) is 9.73. The van der Waals surface area contributed by atoms with Gasteiger partial charge in [0.05, 0.1) is 0 Å². The van der Waals surface area contributed by atoms with E-state index in [9.17, 15) is 4.79 Å². The summed E-state index contributed by atoms with van der Waals surface area (Å²) < 4.78 is 6.40. The molecule has 1 heterocycles. The molecule has 5 nitrogen and oxygen atoms in total. The molecule has 0 aliphatic carbocycles. The molecule has 0 aromatic carbocycles. The van der Waals surface area contributed by atoms with Crippen molar-refractivity contribution in [3.8, 4) is 0 Å². The van der Waals surface area contributed by atoms with Gasteiger partial charge < -0.3 is 10.1 Å². The lowest BCUT2D eigenvalue weighted by Crippen LogP contribution is -2.17. The lowest BCUT2D eigenvalue weighted by atomic mass is 10.5.